The number of rotatable bonds is 11. The summed E-state index contributed by atoms with van der Waals surface area (Å²) in [5.41, 5.74) is 6.32. The third-order valence-corrected chi connectivity index (χ3v) is 14.8. The summed E-state index contributed by atoms with van der Waals surface area (Å²) in [7, 11) is -2.70. The van der Waals surface area contributed by atoms with Gasteiger partial charge in [-0.05, 0) is 56.7 Å². The molecule has 0 spiro atoms. The second kappa shape index (κ2) is 14.1. The summed E-state index contributed by atoms with van der Waals surface area (Å²) in [5, 5.41) is 5.34. The average Bonchev–Trinajstić information content (AvgIpc) is 3.36. The predicted octanol–water partition coefficient (Wildman–Crippen LogP) is 9.99. The minimum Gasteiger partial charge on any atom is -0.407 e. The van der Waals surface area contributed by atoms with Crippen molar-refractivity contribution in [3.05, 3.63) is 167 Å². The van der Waals surface area contributed by atoms with Gasteiger partial charge < -0.3 is 8.99 Å². The van der Waals surface area contributed by atoms with E-state index in [1.807, 2.05) is 6.07 Å². The molecule has 0 aliphatic heterocycles. The van der Waals surface area contributed by atoms with Crippen molar-refractivity contribution in [2.45, 2.75) is 44.7 Å². The molecule has 0 radical (unpaired) electrons. The summed E-state index contributed by atoms with van der Waals surface area (Å²) < 4.78 is 10.0. The number of aromatic nitrogens is 1. The van der Waals surface area contributed by atoms with Crippen LogP contribution in [-0.4, -0.2) is 24.8 Å². The first-order chi connectivity index (χ1) is 22.3. The van der Waals surface area contributed by atoms with Crippen LogP contribution in [0.25, 0.3) is 10.9 Å². The first-order valence-electron chi connectivity index (χ1n) is 16.1. The molecule has 1 heterocycles. The highest BCUT2D eigenvalue weighted by Gasteiger charge is 2.50. The highest BCUT2D eigenvalue weighted by atomic mass is 79.9. The molecule has 0 atom stereocenters. The largest absolute Gasteiger partial charge is 0.407 e. The van der Waals surface area contributed by atoms with Crippen molar-refractivity contribution in [2.75, 3.05) is 11.9 Å². The van der Waals surface area contributed by atoms with Gasteiger partial charge >= 0.3 is 0 Å². The van der Waals surface area contributed by atoms with Crippen LogP contribution in [0.5, 0.6) is 0 Å². The van der Waals surface area contributed by atoms with Crippen LogP contribution in [0.15, 0.2) is 140 Å². The van der Waals surface area contributed by atoms with Gasteiger partial charge in [-0.1, -0.05) is 170 Å². The van der Waals surface area contributed by atoms with Gasteiger partial charge in [-0.3, -0.25) is 0 Å². The van der Waals surface area contributed by atoms with E-state index in [1.54, 1.807) is 0 Å². The van der Waals surface area contributed by atoms with Crippen molar-refractivity contribution < 1.29 is 4.43 Å². The van der Waals surface area contributed by atoms with Crippen LogP contribution in [0, 0.1) is 0 Å². The van der Waals surface area contributed by atoms with Crippen LogP contribution in [0.4, 0.5) is 0 Å². The van der Waals surface area contributed by atoms with Crippen LogP contribution < -0.4 is 10.4 Å². The Bertz CT molecular complexity index is 1790. The second-order valence-corrected chi connectivity index (χ2v) is 18.4. The Balaban J connectivity index is 1.53. The molecule has 1 aromatic heterocycles. The number of alkyl halides is 1. The number of fused-ring (bicyclic) bond motifs is 1. The first-order valence-corrected chi connectivity index (χ1v) is 19.5. The van der Waals surface area contributed by atoms with Crippen LogP contribution in [0.2, 0.25) is 10.1 Å². The first kappa shape index (κ1) is 32.5. The maximum absolute atomic E-state index is 7.46. The minimum absolute atomic E-state index is 0.00184. The molecule has 0 unspecified atom stereocenters. The molecule has 0 saturated heterocycles. The third kappa shape index (κ3) is 6.29. The Kier molecular flexibility index (Phi) is 10.0. The predicted molar refractivity (Wildman–Crippen MR) is 202 cm³/mol. The number of nitrogens with zero attached hydrogens (tertiary/aromatic N) is 1. The van der Waals surface area contributed by atoms with Crippen LogP contribution >= 0.6 is 27.5 Å². The van der Waals surface area contributed by atoms with Gasteiger partial charge in [0, 0.05) is 40.0 Å². The van der Waals surface area contributed by atoms with Gasteiger partial charge in [-0.2, -0.15) is 0 Å². The van der Waals surface area contributed by atoms with E-state index < -0.39 is 8.32 Å². The average molecular weight is 707 g/mol. The van der Waals surface area contributed by atoms with Gasteiger partial charge in [0.2, 0.25) is 0 Å². The summed E-state index contributed by atoms with van der Waals surface area (Å²) in [6.45, 7) is 7.63. The van der Waals surface area contributed by atoms with E-state index in [0.717, 1.165) is 23.2 Å². The highest BCUT2D eigenvalue weighted by Crippen LogP contribution is 2.40. The normalized spacial score (nSPS) is 12.2. The topological polar surface area (TPSA) is 14.2 Å². The van der Waals surface area contributed by atoms with Gasteiger partial charge in [-0.25, -0.2) is 0 Å². The highest BCUT2D eigenvalue weighted by molar-refractivity contribution is 9.09. The van der Waals surface area contributed by atoms with Gasteiger partial charge in [0.1, 0.15) is 0 Å². The Hall–Kier alpha value is -3.41. The fraction of sp³-hybridized carbons (Fsp3) is 0.220. The molecular formula is C41H41BrClNOSi. The van der Waals surface area contributed by atoms with Crippen molar-refractivity contribution >= 4 is 57.1 Å². The smallest absolute Gasteiger partial charge is 0.261 e. The molecular weight excluding hydrogens is 666 g/mol. The summed E-state index contributed by atoms with van der Waals surface area (Å²) in [6.07, 6.45) is 1.67. The maximum Gasteiger partial charge on any atom is 0.261 e. The number of benzene rings is 5. The van der Waals surface area contributed by atoms with Crippen LogP contribution in [0.3, 0.4) is 0 Å². The maximum atomic E-state index is 7.46. The van der Waals surface area contributed by atoms with E-state index in [4.69, 9.17) is 16.0 Å². The fourth-order valence-electron chi connectivity index (χ4n) is 7.17. The lowest BCUT2D eigenvalue weighted by atomic mass is 9.97. The summed E-state index contributed by atoms with van der Waals surface area (Å²) in [6, 6.07) is 49.9. The Morgan fingerprint density at radius 3 is 1.67 bits per heavy atom. The number of aryl methyl sites for hydroxylation is 1. The van der Waals surface area contributed by atoms with Crippen molar-refractivity contribution in [2.24, 2.45) is 0 Å². The van der Waals surface area contributed by atoms with Crippen molar-refractivity contribution in [1.29, 1.82) is 0 Å². The van der Waals surface area contributed by atoms with Crippen LogP contribution in [-0.2, 0) is 17.3 Å². The number of halogens is 2. The molecule has 0 saturated carbocycles. The molecule has 0 fully saturated rings. The Morgan fingerprint density at radius 1 is 0.696 bits per heavy atom. The van der Waals surface area contributed by atoms with Crippen molar-refractivity contribution in [3.8, 4) is 0 Å². The van der Waals surface area contributed by atoms with E-state index in [0.29, 0.717) is 6.61 Å². The van der Waals surface area contributed by atoms with E-state index in [2.05, 4.69) is 175 Å². The fourth-order valence-corrected chi connectivity index (χ4v) is 12.3. The molecule has 0 bridgehead atoms. The minimum atomic E-state index is -2.70. The number of hydrogen-bond acceptors (Lipinski definition) is 1. The zero-order chi connectivity index (χ0) is 32.1. The molecule has 0 aliphatic carbocycles. The van der Waals surface area contributed by atoms with Crippen molar-refractivity contribution in [1.82, 2.24) is 4.57 Å². The SMILES string of the molecule is CC(C)(C)[Si](OCCc1c(CCBr)c2cc(Cl)ccc2n1C(c1ccccc1)c1ccccc1)(c1ccccc1)c1ccccc1. The van der Waals surface area contributed by atoms with E-state index in [9.17, 15) is 0 Å². The lowest BCUT2D eigenvalue weighted by molar-refractivity contribution is 0.298. The lowest BCUT2D eigenvalue weighted by Gasteiger charge is -2.43. The van der Waals surface area contributed by atoms with Gasteiger partial charge in [0.05, 0.1) is 6.04 Å². The summed E-state index contributed by atoms with van der Waals surface area (Å²) in [5.74, 6) is 0. The quantitative estimate of drug-likeness (QED) is 0.0967. The van der Waals surface area contributed by atoms with E-state index in [-0.39, 0.29) is 11.1 Å². The monoisotopic (exact) mass is 705 g/mol. The molecule has 0 N–H and O–H groups in total. The molecule has 2 nitrogen and oxygen atoms in total. The third-order valence-electron chi connectivity index (χ3n) is 9.09. The molecule has 5 heteroatoms. The van der Waals surface area contributed by atoms with Gasteiger partial charge in [0.15, 0.2) is 0 Å². The molecule has 0 amide bonds. The molecule has 6 rings (SSSR count). The summed E-state index contributed by atoms with van der Waals surface area (Å²) in [4.78, 5) is 0. The van der Waals surface area contributed by atoms with Crippen molar-refractivity contribution in [3.63, 3.8) is 0 Å². The van der Waals surface area contributed by atoms with E-state index in [1.165, 1.54) is 43.7 Å². The van der Waals surface area contributed by atoms with Gasteiger partial charge in [-0.15, -0.1) is 0 Å². The second-order valence-electron chi connectivity index (χ2n) is 12.9. The lowest BCUT2D eigenvalue weighted by Crippen LogP contribution is -2.66. The van der Waals surface area contributed by atoms with Gasteiger partial charge in [0.25, 0.3) is 8.32 Å². The zero-order valence-electron chi connectivity index (χ0n) is 26.8. The van der Waals surface area contributed by atoms with Crippen LogP contribution in [0.1, 0.15) is 49.2 Å². The Labute approximate surface area is 288 Å². The number of hydrogen-bond donors (Lipinski definition) is 0. The molecule has 46 heavy (non-hydrogen) atoms. The standard InChI is InChI=1S/C41H41BrClNOSi/c1-41(2,3)46(34-20-12-6-13-21-34,35-22-14-7-15-23-35)45-29-27-39-36(26-28-42)37-30-33(43)24-25-38(37)44(39)40(31-16-8-4-9-17-31)32-18-10-5-11-19-32/h4-25,30,40H,26-29H2,1-3H3. The molecule has 234 valence electrons. The molecule has 5 aromatic carbocycles. The molecule has 0 aliphatic rings. The van der Waals surface area contributed by atoms with E-state index >= 15 is 0 Å². The molecule has 6 aromatic rings. The summed E-state index contributed by atoms with van der Waals surface area (Å²) >= 11 is 10.5. The zero-order valence-corrected chi connectivity index (χ0v) is 30.1. The Morgan fingerprint density at radius 2 is 1.20 bits per heavy atom.